The SMILES string of the molecule is CC(C)C(NCC(=O)Nc1ccc2[nH]c(=O)[nH]c2c1)c1ccc(Cl)cc1. The first kappa shape index (κ1) is 18.2. The molecule has 0 aliphatic rings. The second kappa shape index (κ2) is 7.76. The highest BCUT2D eigenvalue weighted by atomic mass is 35.5. The van der Waals surface area contributed by atoms with E-state index in [2.05, 4.69) is 34.4 Å². The third-order valence-corrected chi connectivity index (χ3v) is 4.43. The number of aromatic nitrogens is 2. The molecule has 26 heavy (non-hydrogen) atoms. The summed E-state index contributed by atoms with van der Waals surface area (Å²) < 4.78 is 0. The summed E-state index contributed by atoms with van der Waals surface area (Å²) in [7, 11) is 0. The number of H-pyrrole nitrogens is 2. The van der Waals surface area contributed by atoms with Crippen LogP contribution in [0, 0.1) is 5.92 Å². The van der Waals surface area contributed by atoms with E-state index < -0.39 is 0 Å². The molecule has 4 N–H and O–H groups in total. The van der Waals surface area contributed by atoms with Gasteiger partial charge >= 0.3 is 5.69 Å². The van der Waals surface area contributed by atoms with Crippen molar-refractivity contribution >= 4 is 34.2 Å². The molecule has 136 valence electrons. The molecule has 3 aromatic rings. The number of carbonyl (C=O) groups is 1. The molecule has 0 spiro atoms. The summed E-state index contributed by atoms with van der Waals surface area (Å²) in [6, 6.07) is 12.9. The zero-order valence-electron chi connectivity index (χ0n) is 14.6. The van der Waals surface area contributed by atoms with Gasteiger partial charge in [0.05, 0.1) is 17.6 Å². The second-order valence-electron chi connectivity index (χ2n) is 6.54. The molecule has 0 aliphatic heterocycles. The van der Waals surface area contributed by atoms with Crippen LogP contribution in [0.15, 0.2) is 47.3 Å². The molecule has 0 saturated carbocycles. The van der Waals surface area contributed by atoms with Gasteiger partial charge in [-0.05, 0) is 41.8 Å². The number of carbonyl (C=O) groups excluding carboxylic acids is 1. The first-order valence-electron chi connectivity index (χ1n) is 8.43. The number of fused-ring (bicyclic) bond motifs is 1. The van der Waals surface area contributed by atoms with E-state index >= 15 is 0 Å². The van der Waals surface area contributed by atoms with Crippen molar-refractivity contribution in [2.75, 3.05) is 11.9 Å². The fourth-order valence-corrected chi connectivity index (χ4v) is 3.05. The number of aromatic amines is 2. The average molecular weight is 373 g/mol. The smallest absolute Gasteiger partial charge is 0.323 e. The Balaban J connectivity index is 1.64. The molecular formula is C19H21ClN4O2. The summed E-state index contributed by atoms with van der Waals surface area (Å²) >= 11 is 5.95. The number of hydrogen-bond donors (Lipinski definition) is 4. The van der Waals surface area contributed by atoms with Crippen molar-refractivity contribution in [3.8, 4) is 0 Å². The van der Waals surface area contributed by atoms with Gasteiger partial charge in [-0.2, -0.15) is 0 Å². The van der Waals surface area contributed by atoms with Crippen molar-refractivity contribution < 1.29 is 4.79 Å². The fourth-order valence-electron chi connectivity index (χ4n) is 2.93. The topological polar surface area (TPSA) is 89.8 Å². The highest BCUT2D eigenvalue weighted by Gasteiger charge is 2.16. The predicted octanol–water partition coefficient (Wildman–Crippen LogP) is 3.44. The zero-order valence-corrected chi connectivity index (χ0v) is 15.4. The fraction of sp³-hybridized carbons (Fsp3) is 0.263. The summed E-state index contributed by atoms with van der Waals surface area (Å²) in [6.07, 6.45) is 0. The third-order valence-electron chi connectivity index (χ3n) is 4.18. The van der Waals surface area contributed by atoms with Crippen LogP contribution < -0.4 is 16.3 Å². The number of rotatable bonds is 6. The number of imidazole rings is 1. The molecule has 1 aromatic heterocycles. The third kappa shape index (κ3) is 4.33. The summed E-state index contributed by atoms with van der Waals surface area (Å²) in [5, 5.41) is 6.82. The van der Waals surface area contributed by atoms with Gasteiger partial charge in [-0.25, -0.2) is 4.79 Å². The number of hydrogen-bond acceptors (Lipinski definition) is 3. The van der Waals surface area contributed by atoms with E-state index in [4.69, 9.17) is 11.6 Å². The van der Waals surface area contributed by atoms with E-state index in [1.54, 1.807) is 18.2 Å². The number of benzene rings is 2. The van der Waals surface area contributed by atoms with Crippen LogP contribution in [-0.2, 0) is 4.79 Å². The van der Waals surface area contributed by atoms with Gasteiger partial charge in [0.15, 0.2) is 0 Å². The van der Waals surface area contributed by atoms with Gasteiger partial charge in [0.2, 0.25) is 5.91 Å². The molecule has 1 amide bonds. The molecule has 0 saturated heterocycles. The standard InChI is InChI=1S/C19H21ClN4O2/c1-11(2)18(12-3-5-13(20)6-4-12)21-10-17(25)22-14-7-8-15-16(9-14)24-19(26)23-15/h3-9,11,18,21H,10H2,1-2H3,(H,22,25)(H2,23,24,26). The van der Waals surface area contributed by atoms with E-state index in [-0.39, 0.29) is 24.2 Å². The lowest BCUT2D eigenvalue weighted by Crippen LogP contribution is -2.33. The average Bonchev–Trinajstić information content (AvgIpc) is 2.95. The van der Waals surface area contributed by atoms with Gasteiger partial charge in [-0.3, -0.25) is 4.79 Å². The Morgan fingerprint density at radius 3 is 2.46 bits per heavy atom. The van der Waals surface area contributed by atoms with Gasteiger partial charge in [0, 0.05) is 16.8 Å². The maximum absolute atomic E-state index is 12.3. The Bertz CT molecular complexity index is 960. The van der Waals surface area contributed by atoms with E-state index in [0.717, 1.165) is 5.56 Å². The van der Waals surface area contributed by atoms with Gasteiger partial charge in [0.25, 0.3) is 0 Å². The second-order valence-corrected chi connectivity index (χ2v) is 6.98. The summed E-state index contributed by atoms with van der Waals surface area (Å²) in [4.78, 5) is 28.9. The van der Waals surface area contributed by atoms with Crippen LogP contribution >= 0.6 is 11.6 Å². The molecule has 3 rings (SSSR count). The van der Waals surface area contributed by atoms with Gasteiger partial charge < -0.3 is 20.6 Å². The maximum Gasteiger partial charge on any atom is 0.323 e. The molecule has 0 bridgehead atoms. The lowest BCUT2D eigenvalue weighted by molar-refractivity contribution is -0.115. The minimum absolute atomic E-state index is 0.0431. The molecular weight excluding hydrogens is 352 g/mol. The molecule has 1 atom stereocenters. The Kier molecular flexibility index (Phi) is 5.44. The predicted molar refractivity (Wildman–Crippen MR) is 105 cm³/mol. The summed E-state index contributed by atoms with van der Waals surface area (Å²) in [5.74, 6) is 0.159. The van der Waals surface area contributed by atoms with Crippen molar-refractivity contribution in [1.29, 1.82) is 0 Å². The normalized spacial score (nSPS) is 12.5. The quantitative estimate of drug-likeness (QED) is 0.534. The Morgan fingerprint density at radius 1 is 1.08 bits per heavy atom. The van der Waals surface area contributed by atoms with Crippen LogP contribution in [0.4, 0.5) is 5.69 Å². The minimum Gasteiger partial charge on any atom is -0.325 e. The van der Waals surface area contributed by atoms with Gasteiger partial charge in [-0.15, -0.1) is 0 Å². The number of anilines is 1. The van der Waals surface area contributed by atoms with Crippen molar-refractivity contribution in [2.24, 2.45) is 5.92 Å². The van der Waals surface area contributed by atoms with Crippen LogP contribution in [0.2, 0.25) is 5.02 Å². The minimum atomic E-state index is -0.270. The maximum atomic E-state index is 12.3. The van der Waals surface area contributed by atoms with E-state index in [9.17, 15) is 9.59 Å². The van der Waals surface area contributed by atoms with Crippen molar-refractivity contribution in [2.45, 2.75) is 19.9 Å². The largest absolute Gasteiger partial charge is 0.325 e. The lowest BCUT2D eigenvalue weighted by Gasteiger charge is -2.23. The monoisotopic (exact) mass is 372 g/mol. The molecule has 7 heteroatoms. The number of nitrogens with one attached hydrogen (secondary N) is 4. The van der Waals surface area contributed by atoms with Crippen molar-refractivity contribution in [3.63, 3.8) is 0 Å². The Labute approximate surface area is 156 Å². The van der Waals surface area contributed by atoms with Crippen LogP contribution in [0.1, 0.15) is 25.5 Å². The van der Waals surface area contributed by atoms with Crippen LogP contribution in [-0.4, -0.2) is 22.4 Å². The Morgan fingerprint density at radius 2 is 1.77 bits per heavy atom. The number of halogens is 1. The molecule has 0 fully saturated rings. The van der Waals surface area contributed by atoms with Crippen LogP contribution in [0.25, 0.3) is 11.0 Å². The molecule has 0 aliphatic carbocycles. The van der Waals surface area contributed by atoms with Gasteiger partial charge in [-0.1, -0.05) is 37.6 Å². The Hall–Kier alpha value is -2.57. The first-order chi connectivity index (χ1) is 12.4. The number of amides is 1. The summed E-state index contributed by atoms with van der Waals surface area (Å²) in [6.45, 7) is 4.37. The highest BCUT2D eigenvalue weighted by molar-refractivity contribution is 6.30. The lowest BCUT2D eigenvalue weighted by atomic mass is 9.96. The first-order valence-corrected chi connectivity index (χ1v) is 8.81. The van der Waals surface area contributed by atoms with Crippen molar-refractivity contribution in [1.82, 2.24) is 15.3 Å². The van der Waals surface area contributed by atoms with E-state index in [1.165, 1.54) is 0 Å². The van der Waals surface area contributed by atoms with Crippen LogP contribution in [0.3, 0.4) is 0 Å². The van der Waals surface area contributed by atoms with Crippen LogP contribution in [0.5, 0.6) is 0 Å². The zero-order chi connectivity index (χ0) is 18.7. The van der Waals surface area contributed by atoms with E-state index in [0.29, 0.717) is 27.7 Å². The molecule has 0 radical (unpaired) electrons. The van der Waals surface area contributed by atoms with Crippen molar-refractivity contribution in [3.05, 3.63) is 63.5 Å². The molecule has 2 aromatic carbocycles. The molecule has 6 nitrogen and oxygen atoms in total. The van der Waals surface area contributed by atoms with Gasteiger partial charge in [0.1, 0.15) is 0 Å². The molecule has 1 heterocycles. The molecule has 1 unspecified atom stereocenters. The highest BCUT2D eigenvalue weighted by Crippen LogP contribution is 2.23. The summed E-state index contributed by atoms with van der Waals surface area (Å²) in [5.41, 5.74) is 2.80. The van der Waals surface area contributed by atoms with E-state index in [1.807, 2.05) is 24.3 Å².